The van der Waals surface area contributed by atoms with Gasteiger partial charge < -0.3 is 4.98 Å². The second-order valence-corrected chi connectivity index (χ2v) is 3.61. The van der Waals surface area contributed by atoms with Crippen molar-refractivity contribution in [3.8, 4) is 11.1 Å². The number of pyridine rings is 1. The van der Waals surface area contributed by atoms with E-state index in [1.54, 1.807) is 36.8 Å². The van der Waals surface area contributed by atoms with Crippen molar-refractivity contribution in [3.63, 3.8) is 0 Å². The second-order valence-electron chi connectivity index (χ2n) is 3.61. The van der Waals surface area contributed by atoms with Gasteiger partial charge in [0.15, 0.2) is 0 Å². The van der Waals surface area contributed by atoms with Gasteiger partial charge in [0, 0.05) is 40.6 Å². The fourth-order valence-electron chi connectivity index (χ4n) is 1.84. The van der Waals surface area contributed by atoms with Crippen LogP contribution in [0.15, 0.2) is 48.9 Å². The van der Waals surface area contributed by atoms with Gasteiger partial charge in [0.1, 0.15) is 5.82 Å². The van der Waals surface area contributed by atoms with E-state index in [0.29, 0.717) is 10.9 Å². The van der Waals surface area contributed by atoms with Crippen molar-refractivity contribution in [3.05, 3.63) is 54.7 Å². The Balaban J connectivity index is 2.28. The first-order valence-electron chi connectivity index (χ1n) is 5.02. The fourth-order valence-corrected chi connectivity index (χ4v) is 1.84. The smallest absolute Gasteiger partial charge is 0.140 e. The zero-order valence-corrected chi connectivity index (χ0v) is 8.44. The molecule has 78 valence electrons. The zero-order chi connectivity index (χ0) is 11.0. The van der Waals surface area contributed by atoms with Gasteiger partial charge in [-0.1, -0.05) is 6.07 Å². The molecule has 0 atom stereocenters. The first kappa shape index (κ1) is 9.09. The average molecular weight is 212 g/mol. The molecule has 16 heavy (non-hydrogen) atoms. The summed E-state index contributed by atoms with van der Waals surface area (Å²) in [7, 11) is 0. The van der Waals surface area contributed by atoms with Gasteiger partial charge >= 0.3 is 0 Å². The minimum absolute atomic E-state index is 0.202. The van der Waals surface area contributed by atoms with Crippen LogP contribution in [0.5, 0.6) is 0 Å². The largest absolute Gasteiger partial charge is 0.361 e. The Morgan fingerprint density at radius 3 is 2.88 bits per heavy atom. The molecule has 0 aliphatic carbocycles. The summed E-state index contributed by atoms with van der Waals surface area (Å²) >= 11 is 0. The van der Waals surface area contributed by atoms with Crippen LogP contribution in [-0.2, 0) is 0 Å². The summed E-state index contributed by atoms with van der Waals surface area (Å²) < 4.78 is 14.1. The molecule has 2 aromatic heterocycles. The maximum Gasteiger partial charge on any atom is 0.140 e. The highest BCUT2D eigenvalue weighted by Gasteiger charge is 2.09. The van der Waals surface area contributed by atoms with Crippen molar-refractivity contribution in [2.24, 2.45) is 0 Å². The number of nitrogens with zero attached hydrogens (tertiary/aromatic N) is 1. The van der Waals surface area contributed by atoms with Crippen molar-refractivity contribution < 1.29 is 4.39 Å². The number of hydrogen-bond donors (Lipinski definition) is 1. The summed E-state index contributed by atoms with van der Waals surface area (Å²) in [6, 6.07) is 9.04. The number of H-pyrrole nitrogens is 1. The van der Waals surface area contributed by atoms with Gasteiger partial charge in [0.25, 0.3) is 0 Å². The van der Waals surface area contributed by atoms with E-state index in [9.17, 15) is 4.39 Å². The highest BCUT2D eigenvalue weighted by atomic mass is 19.1. The van der Waals surface area contributed by atoms with E-state index in [1.165, 1.54) is 0 Å². The molecule has 3 rings (SSSR count). The van der Waals surface area contributed by atoms with E-state index in [4.69, 9.17) is 0 Å². The van der Waals surface area contributed by atoms with Crippen molar-refractivity contribution in [1.82, 2.24) is 9.97 Å². The Labute approximate surface area is 91.8 Å². The molecule has 2 heterocycles. The van der Waals surface area contributed by atoms with Crippen LogP contribution in [0.1, 0.15) is 0 Å². The van der Waals surface area contributed by atoms with Gasteiger partial charge in [0.2, 0.25) is 0 Å². The molecule has 0 saturated carbocycles. The monoisotopic (exact) mass is 212 g/mol. The van der Waals surface area contributed by atoms with Crippen molar-refractivity contribution >= 4 is 10.9 Å². The fraction of sp³-hybridized carbons (Fsp3) is 0. The number of fused-ring (bicyclic) bond motifs is 1. The molecule has 0 saturated heterocycles. The summed E-state index contributed by atoms with van der Waals surface area (Å²) in [6.07, 6.45) is 5.08. The van der Waals surface area contributed by atoms with E-state index in [2.05, 4.69) is 9.97 Å². The van der Waals surface area contributed by atoms with Gasteiger partial charge in [-0.2, -0.15) is 0 Å². The molecule has 0 radical (unpaired) electrons. The van der Waals surface area contributed by atoms with Crippen molar-refractivity contribution in [2.75, 3.05) is 0 Å². The number of aromatic amines is 1. The molecule has 0 amide bonds. The standard InChI is InChI=1S/C13H9FN2/c14-13-10(9-2-1-6-15-8-9)3-4-12-11(13)5-7-16-12/h1-8,16H. The molecule has 0 aliphatic heterocycles. The number of benzene rings is 1. The summed E-state index contributed by atoms with van der Waals surface area (Å²) in [5.41, 5.74) is 2.19. The van der Waals surface area contributed by atoms with Gasteiger partial charge in [-0.05, 0) is 24.3 Å². The maximum atomic E-state index is 14.1. The summed E-state index contributed by atoms with van der Waals surface area (Å²) in [5.74, 6) is -0.202. The Hall–Kier alpha value is -2.16. The summed E-state index contributed by atoms with van der Waals surface area (Å²) in [6.45, 7) is 0. The number of nitrogens with one attached hydrogen (secondary N) is 1. The Morgan fingerprint density at radius 1 is 1.12 bits per heavy atom. The molecule has 0 spiro atoms. The van der Waals surface area contributed by atoms with Crippen LogP contribution in [0.3, 0.4) is 0 Å². The predicted octanol–water partition coefficient (Wildman–Crippen LogP) is 3.37. The lowest BCUT2D eigenvalue weighted by Crippen LogP contribution is -1.85. The molecule has 1 N–H and O–H groups in total. The highest BCUT2D eigenvalue weighted by Crippen LogP contribution is 2.27. The molecule has 1 aromatic carbocycles. The number of rotatable bonds is 1. The molecule has 3 heteroatoms. The van der Waals surface area contributed by atoms with Gasteiger partial charge in [-0.3, -0.25) is 4.98 Å². The van der Waals surface area contributed by atoms with Crippen molar-refractivity contribution in [2.45, 2.75) is 0 Å². The molecule has 2 nitrogen and oxygen atoms in total. The summed E-state index contributed by atoms with van der Waals surface area (Å²) in [5, 5.41) is 0.612. The lowest BCUT2D eigenvalue weighted by Gasteiger charge is -2.03. The first-order valence-corrected chi connectivity index (χ1v) is 5.02. The normalized spacial score (nSPS) is 10.8. The quantitative estimate of drug-likeness (QED) is 0.658. The Morgan fingerprint density at radius 2 is 2.06 bits per heavy atom. The third-order valence-corrected chi connectivity index (χ3v) is 2.64. The third kappa shape index (κ3) is 1.29. The molecule has 0 bridgehead atoms. The van der Waals surface area contributed by atoms with Crippen LogP contribution in [0, 0.1) is 5.82 Å². The number of halogens is 1. The molecule has 3 aromatic rings. The van der Waals surface area contributed by atoms with E-state index in [0.717, 1.165) is 11.1 Å². The third-order valence-electron chi connectivity index (χ3n) is 2.64. The molecule has 0 unspecified atom stereocenters. The van der Waals surface area contributed by atoms with Crippen LogP contribution in [-0.4, -0.2) is 9.97 Å². The SMILES string of the molecule is Fc1c(-c2cccnc2)ccc2[nH]ccc12. The van der Waals surface area contributed by atoms with E-state index >= 15 is 0 Å². The lowest BCUT2D eigenvalue weighted by molar-refractivity contribution is 0.643. The minimum Gasteiger partial charge on any atom is -0.361 e. The van der Waals surface area contributed by atoms with Crippen molar-refractivity contribution in [1.29, 1.82) is 0 Å². The van der Waals surface area contributed by atoms with Crippen LogP contribution in [0.2, 0.25) is 0 Å². The Kier molecular flexibility index (Phi) is 1.96. The maximum absolute atomic E-state index is 14.1. The Bertz CT molecular complexity index is 629. The van der Waals surface area contributed by atoms with Gasteiger partial charge in [-0.25, -0.2) is 4.39 Å². The van der Waals surface area contributed by atoms with Crippen LogP contribution < -0.4 is 0 Å². The second kappa shape index (κ2) is 3.45. The van der Waals surface area contributed by atoms with Crippen LogP contribution in [0.25, 0.3) is 22.0 Å². The minimum atomic E-state index is -0.202. The predicted molar refractivity (Wildman–Crippen MR) is 61.5 cm³/mol. The van der Waals surface area contributed by atoms with E-state index in [1.807, 2.05) is 12.1 Å². The van der Waals surface area contributed by atoms with Crippen LogP contribution >= 0.6 is 0 Å². The average Bonchev–Trinajstić information content (AvgIpc) is 2.80. The first-order chi connectivity index (χ1) is 7.86. The highest BCUT2D eigenvalue weighted by molar-refractivity contribution is 5.85. The van der Waals surface area contributed by atoms with Gasteiger partial charge in [-0.15, -0.1) is 0 Å². The lowest BCUT2D eigenvalue weighted by atomic mass is 10.1. The van der Waals surface area contributed by atoms with Crippen LogP contribution in [0.4, 0.5) is 4.39 Å². The number of hydrogen-bond acceptors (Lipinski definition) is 1. The molecule has 0 fully saturated rings. The molecule has 0 aliphatic rings. The summed E-state index contributed by atoms with van der Waals surface area (Å²) in [4.78, 5) is 6.98. The molecular weight excluding hydrogens is 203 g/mol. The molecular formula is C13H9FN2. The van der Waals surface area contributed by atoms with Gasteiger partial charge in [0.05, 0.1) is 0 Å². The zero-order valence-electron chi connectivity index (χ0n) is 8.44. The van der Waals surface area contributed by atoms with E-state index in [-0.39, 0.29) is 5.82 Å². The topological polar surface area (TPSA) is 28.7 Å². The van der Waals surface area contributed by atoms with E-state index < -0.39 is 0 Å². The number of aromatic nitrogens is 2.